The van der Waals surface area contributed by atoms with Crippen molar-refractivity contribution in [3.05, 3.63) is 12.7 Å². The minimum Gasteiger partial charge on any atom is -0.400 e. The second-order valence-electron chi connectivity index (χ2n) is 3.50. The first-order valence-electron chi connectivity index (χ1n) is 4.66. The first-order chi connectivity index (χ1) is 6.58. The molecular weight excluding hydrogens is 309 g/mol. The molecule has 0 aliphatic carbocycles. The van der Waals surface area contributed by atoms with Crippen LogP contribution in [0, 0.1) is 0 Å². The molecule has 1 aliphatic rings. The van der Waals surface area contributed by atoms with Gasteiger partial charge in [-0.05, 0) is 42.7 Å². The molecule has 2 nitrogen and oxygen atoms in total. The average molecular weight is 331 g/mol. The van der Waals surface area contributed by atoms with Crippen molar-refractivity contribution >= 4 is 30.3 Å². The molecule has 4 heteroatoms. The smallest absolute Gasteiger partial charge is 0.0319 e. The molecule has 14 heavy (non-hydrogen) atoms. The van der Waals surface area contributed by atoms with Crippen LogP contribution < -0.4 is 0 Å². The third-order valence-electron chi connectivity index (χ3n) is 1.91. The van der Waals surface area contributed by atoms with Gasteiger partial charge < -0.3 is 5.11 Å². The molecule has 0 spiro atoms. The molecule has 86 valence electrons. The van der Waals surface area contributed by atoms with Crippen molar-refractivity contribution in [1.82, 2.24) is 4.31 Å². The molecule has 1 N–H and O–H groups in total. The van der Waals surface area contributed by atoms with Gasteiger partial charge in [-0.15, -0.1) is 6.58 Å². The summed E-state index contributed by atoms with van der Waals surface area (Å²) in [5, 5.41) is 7.00. The number of nitrogens with zero attached hydrogens (tertiary/aromatic N) is 1. The molecule has 0 radical (unpaired) electrons. The van der Waals surface area contributed by atoms with Crippen LogP contribution in [0.15, 0.2) is 12.7 Å². The molecule has 1 rings (SSSR count). The first-order valence-corrected chi connectivity index (χ1v) is 7.98. The van der Waals surface area contributed by atoms with E-state index in [0.717, 1.165) is 7.11 Å². The summed E-state index contributed by atoms with van der Waals surface area (Å²) in [6, 6.07) is 0. The summed E-state index contributed by atoms with van der Waals surface area (Å²) >= 11 is 2.36. The van der Waals surface area contributed by atoms with Crippen LogP contribution in [0.4, 0.5) is 0 Å². The monoisotopic (exact) mass is 331 g/mol. The SMILES string of the molecule is C=CC.CC1(C)CCCN1SI.CO. The molecular formula is C10H22INOS. The predicted molar refractivity (Wildman–Crippen MR) is 75.6 cm³/mol. The van der Waals surface area contributed by atoms with E-state index in [2.05, 4.69) is 45.9 Å². The zero-order chi connectivity index (χ0) is 11.6. The van der Waals surface area contributed by atoms with Gasteiger partial charge in [0.15, 0.2) is 0 Å². The highest BCUT2D eigenvalue weighted by atomic mass is 127. The van der Waals surface area contributed by atoms with Crippen molar-refractivity contribution in [2.45, 2.75) is 39.2 Å². The Balaban J connectivity index is 0. The van der Waals surface area contributed by atoms with Gasteiger partial charge >= 0.3 is 0 Å². The van der Waals surface area contributed by atoms with E-state index in [-0.39, 0.29) is 0 Å². The Kier molecular flexibility index (Phi) is 12.6. The van der Waals surface area contributed by atoms with Gasteiger partial charge in [-0.25, -0.2) is 4.31 Å². The van der Waals surface area contributed by atoms with Gasteiger partial charge in [-0.2, -0.15) is 0 Å². The molecule has 1 saturated heterocycles. The number of hydrogen-bond acceptors (Lipinski definition) is 3. The highest BCUT2D eigenvalue weighted by Gasteiger charge is 2.31. The van der Waals surface area contributed by atoms with E-state index in [1.165, 1.54) is 19.4 Å². The van der Waals surface area contributed by atoms with Crippen molar-refractivity contribution in [3.8, 4) is 0 Å². The van der Waals surface area contributed by atoms with Crippen LogP contribution in [0.3, 0.4) is 0 Å². The maximum Gasteiger partial charge on any atom is 0.0319 e. The largest absolute Gasteiger partial charge is 0.400 e. The topological polar surface area (TPSA) is 23.5 Å². The summed E-state index contributed by atoms with van der Waals surface area (Å²) in [5.41, 5.74) is 0.450. The van der Waals surface area contributed by atoms with Crippen LogP contribution in [-0.4, -0.2) is 28.6 Å². The van der Waals surface area contributed by atoms with Crippen molar-refractivity contribution in [1.29, 1.82) is 0 Å². The van der Waals surface area contributed by atoms with E-state index in [4.69, 9.17) is 5.11 Å². The number of hydrogen-bond donors (Lipinski definition) is 1. The Labute approximate surface area is 105 Å². The number of halogens is 1. The number of aliphatic hydroxyl groups is 1. The van der Waals surface area contributed by atoms with Gasteiger partial charge in [0.25, 0.3) is 0 Å². The van der Waals surface area contributed by atoms with Gasteiger partial charge in [0.2, 0.25) is 0 Å². The zero-order valence-corrected chi connectivity index (χ0v) is 12.6. The lowest BCUT2D eigenvalue weighted by Crippen LogP contribution is -2.31. The number of aliphatic hydroxyl groups excluding tert-OH is 1. The summed E-state index contributed by atoms with van der Waals surface area (Å²) in [6.07, 6.45) is 4.46. The molecule has 1 fully saturated rings. The molecule has 0 aromatic heterocycles. The van der Waals surface area contributed by atoms with Crippen molar-refractivity contribution in [2.24, 2.45) is 0 Å². The summed E-state index contributed by atoms with van der Waals surface area (Å²) in [6.45, 7) is 11.1. The Bertz CT molecular complexity index is 142. The van der Waals surface area contributed by atoms with Crippen LogP contribution in [-0.2, 0) is 0 Å². The van der Waals surface area contributed by atoms with E-state index >= 15 is 0 Å². The predicted octanol–water partition coefficient (Wildman–Crippen LogP) is 3.66. The first kappa shape index (κ1) is 17.1. The number of rotatable bonds is 1. The fourth-order valence-corrected chi connectivity index (χ4v) is 3.88. The standard InChI is InChI=1S/C6H12INS.C3H6.CH4O/c1-6(2)4-3-5-8(6)9-7;1-3-2;1-2/h3-5H2,1-2H3;3H,1H2,2H3;2H,1H3. The molecule has 0 saturated carbocycles. The molecule has 0 amide bonds. The van der Waals surface area contributed by atoms with Gasteiger partial charge in [0, 0.05) is 40.4 Å². The minimum atomic E-state index is 0.450. The van der Waals surface area contributed by atoms with Crippen LogP contribution in [0.25, 0.3) is 0 Å². The fourth-order valence-electron chi connectivity index (χ4n) is 1.21. The van der Waals surface area contributed by atoms with Crippen molar-refractivity contribution in [2.75, 3.05) is 13.7 Å². The second kappa shape index (κ2) is 10.3. The zero-order valence-electron chi connectivity index (χ0n) is 9.59. The lowest BCUT2D eigenvalue weighted by molar-refractivity contribution is 0.323. The third-order valence-corrected chi connectivity index (χ3v) is 4.18. The minimum absolute atomic E-state index is 0.450. The Morgan fingerprint density at radius 1 is 1.50 bits per heavy atom. The van der Waals surface area contributed by atoms with Crippen LogP contribution in [0.5, 0.6) is 0 Å². The summed E-state index contributed by atoms with van der Waals surface area (Å²) in [5.74, 6) is 0. The Hall–Kier alpha value is 0.740. The van der Waals surface area contributed by atoms with Gasteiger partial charge in [-0.3, -0.25) is 0 Å². The van der Waals surface area contributed by atoms with E-state index in [0.29, 0.717) is 5.54 Å². The molecule has 0 aromatic carbocycles. The van der Waals surface area contributed by atoms with E-state index < -0.39 is 0 Å². The van der Waals surface area contributed by atoms with Crippen LogP contribution in [0.2, 0.25) is 0 Å². The second-order valence-corrected chi connectivity index (χ2v) is 5.26. The van der Waals surface area contributed by atoms with E-state index in [1.54, 1.807) is 6.08 Å². The number of allylic oxidation sites excluding steroid dienone is 1. The van der Waals surface area contributed by atoms with Crippen molar-refractivity contribution in [3.63, 3.8) is 0 Å². The van der Waals surface area contributed by atoms with Crippen molar-refractivity contribution < 1.29 is 5.11 Å². The summed E-state index contributed by atoms with van der Waals surface area (Å²) in [7, 11) is 2.84. The summed E-state index contributed by atoms with van der Waals surface area (Å²) < 4.78 is 2.45. The fraction of sp³-hybridized carbons (Fsp3) is 0.800. The molecule has 1 aliphatic heterocycles. The summed E-state index contributed by atoms with van der Waals surface area (Å²) in [4.78, 5) is 0. The van der Waals surface area contributed by atoms with Crippen LogP contribution in [0.1, 0.15) is 33.6 Å². The van der Waals surface area contributed by atoms with E-state index in [1.807, 2.05) is 16.0 Å². The van der Waals surface area contributed by atoms with Gasteiger partial charge in [-0.1, -0.05) is 6.08 Å². The lowest BCUT2D eigenvalue weighted by Gasteiger charge is -2.27. The molecule has 0 aromatic rings. The maximum atomic E-state index is 7.00. The van der Waals surface area contributed by atoms with E-state index in [9.17, 15) is 0 Å². The molecule has 1 heterocycles. The molecule has 0 unspecified atom stereocenters. The van der Waals surface area contributed by atoms with Gasteiger partial charge in [0.05, 0.1) is 0 Å². The molecule has 0 atom stereocenters. The maximum absolute atomic E-state index is 7.00. The quantitative estimate of drug-likeness (QED) is 0.451. The van der Waals surface area contributed by atoms with Gasteiger partial charge in [0.1, 0.15) is 0 Å². The Morgan fingerprint density at radius 3 is 2.07 bits per heavy atom. The lowest BCUT2D eigenvalue weighted by atomic mass is 10.0. The highest BCUT2D eigenvalue weighted by molar-refractivity contribution is 14.2. The Morgan fingerprint density at radius 2 is 1.93 bits per heavy atom. The van der Waals surface area contributed by atoms with Crippen LogP contribution >= 0.6 is 30.3 Å². The average Bonchev–Trinajstić information content (AvgIpc) is 2.49. The normalized spacial score (nSPS) is 18.7. The molecule has 0 bridgehead atoms. The highest BCUT2D eigenvalue weighted by Crippen LogP contribution is 2.36. The third kappa shape index (κ3) is 7.09.